The Morgan fingerprint density at radius 1 is 1.43 bits per heavy atom. The molecule has 1 amide bonds. The van der Waals surface area contributed by atoms with Crippen molar-refractivity contribution in [2.24, 2.45) is 0 Å². The third-order valence-corrected chi connectivity index (χ3v) is 3.51. The van der Waals surface area contributed by atoms with Gasteiger partial charge in [-0.25, -0.2) is 9.97 Å². The summed E-state index contributed by atoms with van der Waals surface area (Å²) in [6.45, 7) is 5.17. The standard InChI is InChI=1S/C14H18N6O/c1-10-3-6-15-14(16-10)19-7-4-12(9-19)20-8-5-13(18-20)17-11(2)21/h3,5-6,8,12H,4,7,9H2,1-2H3,(H,17,18,21). The molecule has 2 aromatic rings. The monoisotopic (exact) mass is 286 g/mol. The zero-order valence-corrected chi connectivity index (χ0v) is 12.2. The highest BCUT2D eigenvalue weighted by Crippen LogP contribution is 2.24. The second kappa shape index (κ2) is 5.51. The van der Waals surface area contributed by atoms with Crippen LogP contribution in [-0.2, 0) is 4.79 Å². The molecule has 0 radical (unpaired) electrons. The van der Waals surface area contributed by atoms with E-state index in [2.05, 4.69) is 25.3 Å². The van der Waals surface area contributed by atoms with Crippen molar-refractivity contribution in [3.05, 3.63) is 30.2 Å². The SMILES string of the molecule is CC(=O)Nc1ccn(C2CCN(c3nccc(C)n3)C2)n1. The molecule has 0 aromatic carbocycles. The second-order valence-corrected chi connectivity index (χ2v) is 5.25. The predicted molar refractivity (Wildman–Crippen MR) is 79.2 cm³/mol. The van der Waals surface area contributed by atoms with Gasteiger partial charge in [-0.2, -0.15) is 5.10 Å². The molecule has 7 heteroatoms. The van der Waals surface area contributed by atoms with E-state index in [0.29, 0.717) is 5.82 Å². The molecule has 3 heterocycles. The summed E-state index contributed by atoms with van der Waals surface area (Å²) in [6, 6.07) is 3.98. The first kappa shape index (κ1) is 13.5. The van der Waals surface area contributed by atoms with Crippen LogP contribution in [0.3, 0.4) is 0 Å². The van der Waals surface area contributed by atoms with E-state index in [1.165, 1.54) is 6.92 Å². The summed E-state index contributed by atoms with van der Waals surface area (Å²) >= 11 is 0. The molecule has 1 saturated heterocycles. The van der Waals surface area contributed by atoms with Gasteiger partial charge < -0.3 is 10.2 Å². The first-order valence-electron chi connectivity index (χ1n) is 6.99. The fourth-order valence-electron chi connectivity index (χ4n) is 2.52. The van der Waals surface area contributed by atoms with E-state index in [4.69, 9.17) is 0 Å². The number of carbonyl (C=O) groups excluding carboxylic acids is 1. The maximum atomic E-state index is 11.0. The van der Waals surface area contributed by atoms with E-state index in [9.17, 15) is 4.79 Å². The zero-order chi connectivity index (χ0) is 14.8. The molecule has 0 spiro atoms. The number of nitrogens with zero attached hydrogens (tertiary/aromatic N) is 5. The fourth-order valence-corrected chi connectivity index (χ4v) is 2.52. The van der Waals surface area contributed by atoms with Crippen LogP contribution in [0.4, 0.5) is 11.8 Å². The van der Waals surface area contributed by atoms with Crippen molar-refractivity contribution >= 4 is 17.7 Å². The highest BCUT2D eigenvalue weighted by molar-refractivity contribution is 5.87. The van der Waals surface area contributed by atoms with Crippen molar-refractivity contribution in [2.75, 3.05) is 23.3 Å². The van der Waals surface area contributed by atoms with E-state index < -0.39 is 0 Å². The number of amides is 1. The Morgan fingerprint density at radius 3 is 3.05 bits per heavy atom. The summed E-state index contributed by atoms with van der Waals surface area (Å²) in [6.07, 6.45) is 4.67. The van der Waals surface area contributed by atoms with Crippen LogP contribution in [0.15, 0.2) is 24.5 Å². The van der Waals surface area contributed by atoms with Crippen molar-refractivity contribution in [3.63, 3.8) is 0 Å². The van der Waals surface area contributed by atoms with E-state index in [0.717, 1.165) is 31.2 Å². The van der Waals surface area contributed by atoms with Crippen LogP contribution in [0.5, 0.6) is 0 Å². The van der Waals surface area contributed by atoms with Gasteiger partial charge in [0.05, 0.1) is 6.04 Å². The Morgan fingerprint density at radius 2 is 2.29 bits per heavy atom. The third kappa shape index (κ3) is 3.01. The van der Waals surface area contributed by atoms with Crippen LogP contribution in [0, 0.1) is 6.92 Å². The lowest BCUT2D eigenvalue weighted by molar-refractivity contribution is -0.114. The molecule has 110 valence electrons. The van der Waals surface area contributed by atoms with Crippen LogP contribution in [-0.4, -0.2) is 38.7 Å². The molecule has 1 aliphatic heterocycles. The molecule has 1 unspecified atom stereocenters. The summed E-state index contributed by atoms with van der Waals surface area (Å²) in [5.74, 6) is 1.25. The molecule has 21 heavy (non-hydrogen) atoms. The number of aromatic nitrogens is 4. The second-order valence-electron chi connectivity index (χ2n) is 5.25. The molecule has 1 atom stereocenters. The third-order valence-electron chi connectivity index (χ3n) is 3.51. The maximum absolute atomic E-state index is 11.0. The van der Waals surface area contributed by atoms with Gasteiger partial charge in [0.15, 0.2) is 5.82 Å². The molecule has 0 saturated carbocycles. The Labute approximate surface area is 123 Å². The van der Waals surface area contributed by atoms with E-state index in [1.807, 2.05) is 29.9 Å². The molecule has 7 nitrogen and oxygen atoms in total. The highest BCUT2D eigenvalue weighted by atomic mass is 16.1. The minimum atomic E-state index is -0.110. The van der Waals surface area contributed by atoms with Crippen molar-refractivity contribution in [2.45, 2.75) is 26.3 Å². The molecule has 3 rings (SSSR count). The van der Waals surface area contributed by atoms with Crippen LogP contribution in [0.25, 0.3) is 0 Å². The highest BCUT2D eigenvalue weighted by Gasteiger charge is 2.26. The average molecular weight is 286 g/mol. The molecular weight excluding hydrogens is 268 g/mol. The van der Waals surface area contributed by atoms with Gasteiger partial charge in [0.25, 0.3) is 0 Å². The predicted octanol–water partition coefficient (Wildman–Crippen LogP) is 1.39. The number of rotatable bonds is 3. The van der Waals surface area contributed by atoms with Crippen molar-refractivity contribution in [1.29, 1.82) is 0 Å². The average Bonchev–Trinajstić information content (AvgIpc) is 3.06. The van der Waals surface area contributed by atoms with Gasteiger partial charge >= 0.3 is 0 Å². The smallest absolute Gasteiger partial charge is 0.225 e. The minimum absolute atomic E-state index is 0.110. The van der Waals surface area contributed by atoms with Crippen LogP contribution in [0.1, 0.15) is 25.1 Å². The minimum Gasteiger partial charge on any atom is -0.339 e. The van der Waals surface area contributed by atoms with E-state index in [1.54, 1.807) is 6.20 Å². The summed E-state index contributed by atoms with van der Waals surface area (Å²) in [4.78, 5) is 22.0. The van der Waals surface area contributed by atoms with Gasteiger partial charge in [-0.05, 0) is 19.4 Å². The van der Waals surface area contributed by atoms with Gasteiger partial charge in [0, 0.05) is 44.2 Å². The van der Waals surface area contributed by atoms with Gasteiger partial charge in [0.1, 0.15) is 0 Å². The van der Waals surface area contributed by atoms with Crippen LogP contribution in [0.2, 0.25) is 0 Å². The number of hydrogen-bond donors (Lipinski definition) is 1. The van der Waals surface area contributed by atoms with Crippen molar-refractivity contribution in [3.8, 4) is 0 Å². The molecule has 1 N–H and O–H groups in total. The molecule has 2 aromatic heterocycles. The number of nitrogens with one attached hydrogen (secondary N) is 1. The maximum Gasteiger partial charge on any atom is 0.225 e. The molecule has 0 bridgehead atoms. The summed E-state index contributed by atoms with van der Waals surface area (Å²) in [5, 5.41) is 7.09. The Balaban J connectivity index is 1.69. The van der Waals surface area contributed by atoms with Gasteiger partial charge in [-0.3, -0.25) is 9.48 Å². The molecule has 1 aliphatic rings. The quantitative estimate of drug-likeness (QED) is 0.922. The van der Waals surface area contributed by atoms with Crippen molar-refractivity contribution < 1.29 is 4.79 Å². The zero-order valence-electron chi connectivity index (χ0n) is 12.2. The summed E-state index contributed by atoms with van der Waals surface area (Å²) in [5.41, 5.74) is 0.968. The molecular formula is C14H18N6O. The number of anilines is 2. The lowest BCUT2D eigenvalue weighted by atomic mass is 10.3. The fraction of sp³-hybridized carbons (Fsp3) is 0.429. The Bertz CT molecular complexity index is 652. The van der Waals surface area contributed by atoms with E-state index in [-0.39, 0.29) is 11.9 Å². The number of carbonyl (C=O) groups is 1. The van der Waals surface area contributed by atoms with Gasteiger partial charge in [0.2, 0.25) is 11.9 Å². The number of aryl methyl sites for hydroxylation is 1. The lowest BCUT2D eigenvalue weighted by Crippen LogP contribution is -2.23. The molecule has 1 fully saturated rings. The summed E-state index contributed by atoms with van der Waals surface area (Å²) < 4.78 is 1.90. The lowest BCUT2D eigenvalue weighted by Gasteiger charge is -2.16. The first-order chi connectivity index (χ1) is 10.1. The normalized spacial score (nSPS) is 18.0. The van der Waals surface area contributed by atoms with Crippen LogP contribution >= 0.6 is 0 Å². The molecule has 0 aliphatic carbocycles. The van der Waals surface area contributed by atoms with Crippen molar-refractivity contribution in [1.82, 2.24) is 19.7 Å². The van der Waals surface area contributed by atoms with Crippen LogP contribution < -0.4 is 10.2 Å². The number of hydrogen-bond acceptors (Lipinski definition) is 5. The summed E-state index contributed by atoms with van der Waals surface area (Å²) in [7, 11) is 0. The largest absolute Gasteiger partial charge is 0.339 e. The van der Waals surface area contributed by atoms with E-state index >= 15 is 0 Å². The van der Waals surface area contributed by atoms with Gasteiger partial charge in [-0.1, -0.05) is 0 Å². The first-order valence-corrected chi connectivity index (χ1v) is 6.99. The topological polar surface area (TPSA) is 75.9 Å². The van der Waals surface area contributed by atoms with Gasteiger partial charge in [-0.15, -0.1) is 0 Å². The Hall–Kier alpha value is -2.44. The Kier molecular flexibility index (Phi) is 3.55.